The van der Waals surface area contributed by atoms with Gasteiger partial charge in [0.1, 0.15) is 0 Å². The van der Waals surface area contributed by atoms with Gasteiger partial charge in [-0.3, -0.25) is 4.79 Å². The lowest BCUT2D eigenvalue weighted by molar-refractivity contribution is -0.125. The Morgan fingerprint density at radius 2 is 2.00 bits per heavy atom. The number of nitrogens with two attached hydrogens (primary N) is 1. The van der Waals surface area contributed by atoms with Gasteiger partial charge in [0, 0.05) is 18.5 Å². The maximum Gasteiger partial charge on any atom is 0.224 e. The highest BCUT2D eigenvalue weighted by Gasteiger charge is 2.22. The Bertz CT molecular complexity index is 194. The highest BCUT2D eigenvalue weighted by atomic mass is 16.1. The minimum atomic E-state index is 0.00403. The number of hydrogen-bond acceptors (Lipinski definition) is 2. The van der Waals surface area contributed by atoms with Crippen LogP contribution < -0.4 is 11.1 Å². The molecule has 0 heterocycles. The number of rotatable bonds is 4. The fraction of sp³-hybridized carbons (Fsp3) is 0.917. The lowest BCUT2D eigenvalue weighted by Gasteiger charge is -2.28. The zero-order valence-corrected chi connectivity index (χ0v) is 9.96. The van der Waals surface area contributed by atoms with E-state index in [1.807, 2.05) is 6.92 Å². The zero-order chi connectivity index (χ0) is 11.3. The highest BCUT2D eigenvalue weighted by molar-refractivity contribution is 5.79. The molecule has 0 aromatic carbocycles. The Kier molecular flexibility index (Phi) is 5.09. The molecular formula is C12H24N2O. The van der Waals surface area contributed by atoms with Crippen molar-refractivity contribution in [2.24, 2.45) is 17.6 Å². The molecular weight excluding hydrogens is 188 g/mol. The summed E-state index contributed by atoms with van der Waals surface area (Å²) in [6.45, 7) is 4.76. The molecule has 1 amide bonds. The van der Waals surface area contributed by atoms with E-state index in [1.165, 1.54) is 12.8 Å². The third-order valence-corrected chi connectivity index (χ3v) is 3.51. The lowest BCUT2D eigenvalue weighted by atomic mass is 9.87. The SMILES string of the molecule is CCC(CN)C(=O)NC1CCC(C)CC1. The fourth-order valence-electron chi connectivity index (χ4n) is 2.18. The second kappa shape index (κ2) is 6.11. The number of nitrogens with one attached hydrogen (secondary N) is 1. The van der Waals surface area contributed by atoms with E-state index in [0.29, 0.717) is 12.6 Å². The topological polar surface area (TPSA) is 55.1 Å². The van der Waals surface area contributed by atoms with Crippen LogP contribution in [-0.4, -0.2) is 18.5 Å². The molecule has 0 spiro atoms. The molecule has 1 saturated carbocycles. The lowest BCUT2D eigenvalue weighted by Crippen LogP contribution is -2.42. The Balaban J connectivity index is 2.31. The summed E-state index contributed by atoms with van der Waals surface area (Å²) in [5.74, 6) is 0.985. The van der Waals surface area contributed by atoms with Crippen molar-refractivity contribution in [2.45, 2.75) is 52.0 Å². The highest BCUT2D eigenvalue weighted by Crippen LogP contribution is 2.23. The van der Waals surface area contributed by atoms with Crippen LogP contribution in [0.25, 0.3) is 0 Å². The number of carbonyl (C=O) groups is 1. The smallest absolute Gasteiger partial charge is 0.224 e. The van der Waals surface area contributed by atoms with Gasteiger partial charge < -0.3 is 11.1 Å². The maximum absolute atomic E-state index is 11.8. The summed E-state index contributed by atoms with van der Waals surface area (Å²) in [5, 5.41) is 3.12. The first-order chi connectivity index (χ1) is 7.17. The molecule has 1 fully saturated rings. The molecule has 0 bridgehead atoms. The maximum atomic E-state index is 11.8. The molecule has 1 aliphatic rings. The minimum Gasteiger partial charge on any atom is -0.353 e. The van der Waals surface area contributed by atoms with Gasteiger partial charge in [-0.15, -0.1) is 0 Å². The average molecular weight is 212 g/mol. The molecule has 0 aliphatic heterocycles. The summed E-state index contributed by atoms with van der Waals surface area (Å²) < 4.78 is 0. The molecule has 0 radical (unpaired) electrons. The number of hydrogen-bond donors (Lipinski definition) is 2. The third kappa shape index (κ3) is 3.82. The number of carbonyl (C=O) groups excluding carboxylic acids is 1. The van der Waals surface area contributed by atoms with Crippen molar-refractivity contribution in [1.29, 1.82) is 0 Å². The molecule has 88 valence electrons. The van der Waals surface area contributed by atoms with Crippen LogP contribution in [0.15, 0.2) is 0 Å². The van der Waals surface area contributed by atoms with Crippen LogP contribution in [0.5, 0.6) is 0 Å². The van der Waals surface area contributed by atoms with Crippen molar-refractivity contribution >= 4 is 5.91 Å². The Labute approximate surface area is 92.8 Å². The van der Waals surface area contributed by atoms with Gasteiger partial charge in [0.2, 0.25) is 5.91 Å². The first-order valence-electron chi connectivity index (χ1n) is 6.17. The first-order valence-corrected chi connectivity index (χ1v) is 6.17. The predicted octanol–water partition coefficient (Wildman–Crippen LogP) is 1.67. The molecule has 0 aromatic heterocycles. The second-order valence-electron chi connectivity index (χ2n) is 4.81. The summed E-state index contributed by atoms with van der Waals surface area (Å²) in [7, 11) is 0. The fourth-order valence-corrected chi connectivity index (χ4v) is 2.18. The molecule has 3 N–H and O–H groups in total. The Morgan fingerprint density at radius 1 is 1.40 bits per heavy atom. The van der Waals surface area contributed by atoms with E-state index in [4.69, 9.17) is 5.73 Å². The molecule has 1 aliphatic carbocycles. The molecule has 0 saturated heterocycles. The van der Waals surface area contributed by atoms with Crippen LogP contribution in [0.2, 0.25) is 0 Å². The van der Waals surface area contributed by atoms with E-state index in [1.54, 1.807) is 0 Å². The number of amides is 1. The van der Waals surface area contributed by atoms with Gasteiger partial charge in [-0.1, -0.05) is 13.8 Å². The van der Waals surface area contributed by atoms with Crippen molar-refractivity contribution < 1.29 is 4.79 Å². The quantitative estimate of drug-likeness (QED) is 0.744. The van der Waals surface area contributed by atoms with Crippen LogP contribution >= 0.6 is 0 Å². The van der Waals surface area contributed by atoms with E-state index in [2.05, 4.69) is 12.2 Å². The first kappa shape index (κ1) is 12.5. The van der Waals surface area contributed by atoms with Gasteiger partial charge in [0.05, 0.1) is 0 Å². The van der Waals surface area contributed by atoms with Crippen molar-refractivity contribution in [2.75, 3.05) is 6.54 Å². The van der Waals surface area contributed by atoms with E-state index < -0.39 is 0 Å². The van der Waals surface area contributed by atoms with Crippen LogP contribution in [0.1, 0.15) is 46.0 Å². The molecule has 1 rings (SSSR count). The van der Waals surface area contributed by atoms with Gasteiger partial charge in [-0.2, -0.15) is 0 Å². The largest absolute Gasteiger partial charge is 0.353 e. The van der Waals surface area contributed by atoms with Crippen LogP contribution in [0.4, 0.5) is 0 Å². The van der Waals surface area contributed by atoms with Gasteiger partial charge in [0.25, 0.3) is 0 Å². The van der Waals surface area contributed by atoms with Crippen molar-refractivity contribution in [1.82, 2.24) is 5.32 Å². The summed E-state index contributed by atoms with van der Waals surface area (Å²) >= 11 is 0. The molecule has 1 unspecified atom stereocenters. The van der Waals surface area contributed by atoms with Crippen molar-refractivity contribution in [3.8, 4) is 0 Å². The summed E-state index contributed by atoms with van der Waals surface area (Å²) in [6.07, 6.45) is 5.59. The molecule has 3 heteroatoms. The van der Waals surface area contributed by atoms with Crippen LogP contribution in [0.3, 0.4) is 0 Å². The Morgan fingerprint density at radius 3 is 2.47 bits per heavy atom. The molecule has 15 heavy (non-hydrogen) atoms. The normalized spacial score (nSPS) is 28.5. The van der Waals surface area contributed by atoms with Gasteiger partial charge in [0.15, 0.2) is 0 Å². The summed E-state index contributed by atoms with van der Waals surface area (Å²) in [6, 6.07) is 0.397. The molecule has 3 nitrogen and oxygen atoms in total. The summed E-state index contributed by atoms with van der Waals surface area (Å²) in [4.78, 5) is 11.8. The van der Waals surface area contributed by atoms with E-state index in [9.17, 15) is 4.79 Å². The van der Waals surface area contributed by atoms with Gasteiger partial charge >= 0.3 is 0 Å². The van der Waals surface area contributed by atoms with Gasteiger partial charge in [-0.25, -0.2) is 0 Å². The molecule has 1 atom stereocenters. The van der Waals surface area contributed by atoms with Crippen molar-refractivity contribution in [3.05, 3.63) is 0 Å². The minimum absolute atomic E-state index is 0.00403. The standard InChI is InChI=1S/C12H24N2O/c1-3-10(8-13)12(15)14-11-6-4-9(2)5-7-11/h9-11H,3-8,13H2,1-2H3,(H,14,15). The zero-order valence-electron chi connectivity index (χ0n) is 9.96. The third-order valence-electron chi connectivity index (χ3n) is 3.51. The molecule has 0 aromatic rings. The van der Waals surface area contributed by atoms with E-state index in [-0.39, 0.29) is 11.8 Å². The van der Waals surface area contributed by atoms with E-state index in [0.717, 1.165) is 25.2 Å². The second-order valence-corrected chi connectivity index (χ2v) is 4.81. The van der Waals surface area contributed by atoms with Crippen LogP contribution in [-0.2, 0) is 4.79 Å². The summed E-state index contributed by atoms with van der Waals surface area (Å²) in [5.41, 5.74) is 5.55. The average Bonchev–Trinajstić information content (AvgIpc) is 2.23. The monoisotopic (exact) mass is 212 g/mol. The van der Waals surface area contributed by atoms with Gasteiger partial charge in [-0.05, 0) is 38.0 Å². The Hall–Kier alpha value is -0.570. The predicted molar refractivity (Wildman–Crippen MR) is 62.4 cm³/mol. The van der Waals surface area contributed by atoms with Crippen molar-refractivity contribution in [3.63, 3.8) is 0 Å². The van der Waals surface area contributed by atoms with E-state index >= 15 is 0 Å². The van der Waals surface area contributed by atoms with Crippen LogP contribution in [0, 0.1) is 11.8 Å².